The fourth-order valence-electron chi connectivity index (χ4n) is 5.36. The summed E-state index contributed by atoms with van der Waals surface area (Å²) in [5.74, 6) is -0.245. The lowest BCUT2D eigenvalue weighted by atomic mass is 10.1. The van der Waals surface area contributed by atoms with E-state index in [9.17, 15) is 23.9 Å². The number of ether oxygens (including phenoxy) is 2. The number of alkyl halides is 1. The number of nitrogens with one attached hydrogen (secondary N) is 1. The molecule has 3 fully saturated rings. The van der Waals surface area contributed by atoms with Crippen molar-refractivity contribution < 1.29 is 55.6 Å². The normalized spacial score (nSPS) is 37.1. The van der Waals surface area contributed by atoms with Gasteiger partial charge in [-0.2, -0.15) is 4.98 Å². The third-order valence-electron chi connectivity index (χ3n) is 7.49. The minimum absolute atomic E-state index is 0.0425. The maximum absolute atomic E-state index is 15.9. The van der Waals surface area contributed by atoms with Gasteiger partial charge in [-0.05, 0) is 0 Å². The Morgan fingerprint density at radius 1 is 0.978 bits per heavy atom. The van der Waals surface area contributed by atoms with Gasteiger partial charge in [-0.1, -0.05) is 0 Å². The Bertz CT molecular complexity index is 1960. The zero-order valence-electron chi connectivity index (χ0n) is 23.3. The van der Waals surface area contributed by atoms with Crippen LogP contribution in [0.25, 0.3) is 22.3 Å². The fourth-order valence-corrected chi connectivity index (χ4v) is 7.42. The predicted molar refractivity (Wildman–Crippen MR) is 147 cm³/mol. The number of nitrogens with two attached hydrogens (primary N) is 2. The van der Waals surface area contributed by atoms with Gasteiger partial charge in [0.15, 0.2) is 41.3 Å². The first-order chi connectivity index (χ1) is 21.9. The highest BCUT2D eigenvalue weighted by Crippen LogP contribution is 2.56. The van der Waals surface area contributed by atoms with Gasteiger partial charge in [0.05, 0.1) is 25.9 Å². The van der Waals surface area contributed by atoms with Crippen LogP contribution in [0.15, 0.2) is 23.8 Å². The van der Waals surface area contributed by atoms with E-state index in [1.807, 2.05) is 0 Å². The summed E-state index contributed by atoms with van der Waals surface area (Å²) in [4.78, 5) is 45.3. The van der Waals surface area contributed by atoms with Gasteiger partial charge < -0.3 is 30.9 Å². The van der Waals surface area contributed by atoms with Crippen molar-refractivity contribution in [2.75, 3.05) is 31.8 Å². The number of aliphatic hydroxyl groups excluding tert-OH is 1. The van der Waals surface area contributed by atoms with Crippen LogP contribution in [-0.4, -0.2) is 106 Å². The number of hydrogen-bond acceptors (Lipinski definition) is 18. The maximum atomic E-state index is 15.9. The van der Waals surface area contributed by atoms with E-state index in [1.54, 1.807) is 0 Å². The summed E-state index contributed by atoms with van der Waals surface area (Å²) in [5.41, 5.74) is 10.8. The molecule has 2 bridgehead atoms. The van der Waals surface area contributed by atoms with Crippen LogP contribution in [0.4, 0.5) is 16.2 Å². The average molecular weight is 690 g/mol. The van der Waals surface area contributed by atoms with Crippen LogP contribution in [0.1, 0.15) is 12.5 Å². The van der Waals surface area contributed by atoms with Crippen molar-refractivity contribution in [2.24, 2.45) is 0 Å². The number of fused-ring (bicyclic) bond motifs is 5. The number of aliphatic hydroxyl groups is 1. The van der Waals surface area contributed by atoms with Crippen molar-refractivity contribution >= 4 is 49.7 Å². The Hall–Kier alpha value is -3.47. The molecule has 0 aromatic carbocycles. The highest BCUT2D eigenvalue weighted by molar-refractivity contribution is 7.48. The second kappa shape index (κ2) is 11.3. The number of imidazole rings is 2. The molecule has 248 valence electrons. The van der Waals surface area contributed by atoms with Crippen molar-refractivity contribution in [1.82, 2.24) is 39.0 Å². The monoisotopic (exact) mass is 690 g/mol. The van der Waals surface area contributed by atoms with E-state index in [0.29, 0.717) is 0 Å². The molecule has 7 N–H and O–H groups in total. The van der Waals surface area contributed by atoms with Crippen LogP contribution >= 0.6 is 15.6 Å². The standard InChI is InChI=1S/C21H25FN10O12P2/c1-38-46(37)40-3-8-13(12(33)19(42-8)31-5-27-10-15(23)25-4-26-16(10)31)43-45(35,36)39-2-7-9(22)14(44-46)20(41-7)32-6-28-11-17(32)29-21(24)30-18(11)34/h4-9,12-14,19-20,33H,2-3H2,1H3,(H,35,36)(H2,23,25,26)(H3,24,29,30,34)/t7-,8-,9?,12+,13?,14+,19-,20-,46?/m1/s1. The number of phosphoric ester groups is 2. The molecule has 25 heteroatoms. The SMILES string of the molecule is COP1(=O)OC[C@H]2O[C@@H](n3cnc4c(N)ncnc43)[C@@H](O)C2OP(=O)(O)OC[C@H]2O[C@@H](n3cnc4c(=O)[nH]c(N)nc43)[C@@H](O1)C2F. The number of rotatable bonds is 3. The van der Waals surface area contributed by atoms with Crippen molar-refractivity contribution in [3.8, 4) is 0 Å². The molecule has 3 aliphatic heterocycles. The molecule has 22 nitrogen and oxygen atoms in total. The average Bonchev–Trinajstić information content (AvgIpc) is 3.77. The molecule has 0 saturated carbocycles. The molecular formula is C21H25FN10O12P2. The summed E-state index contributed by atoms with van der Waals surface area (Å²) >= 11 is 0. The first-order valence-corrected chi connectivity index (χ1v) is 16.3. The van der Waals surface area contributed by atoms with Crippen LogP contribution in [0.3, 0.4) is 0 Å². The zero-order chi connectivity index (χ0) is 32.5. The first kappa shape index (κ1) is 31.1. The molecule has 10 atom stereocenters. The van der Waals surface area contributed by atoms with Gasteiger partial charge in [-0.25, -0.2) is 33.5 Å². The fraction of sp³-hybridized carbons (Fsp3) is 0.524. The second-order valence-electron chi connectivity index (χ2n) is 10.3. The van der Waals surface area contributed by atoms with Crippen LogP contribution in [0, 0.1) is 0 Å². The molecule has 7 heterocycles. The Balaban J connectivity index is 1.22. The van der Waals surface area contributed by atoms with Crippen LogP contribution in [0.5, 0.6) is 0 Å². The maximum Gasteiger partial charge on any atom is 0.475 e. The van der Waals surface area contributed by atoms with Crippen molar-refractivity contribution in [3.05, 3.63) is 29.3 Å². The van der Waals surface area contributed by atoms with E-state index in [-0.39, 0.29) is 34.1 Å². The third kappa shape index (κ3) is 5.28. The number of halogens is 1. The van der Waals surface area contributed by atoms with Crippen molar-refractivity contribution in [3.63, 3.8) is 0 Å². The summed E-state index contributed by atoms with van der Waals surface area (Å²) in [6.07, 6.45) is -9.80. The molecular weight excluding hydrogens is 665 g/mol. The first-order valence-electron chi connectivity index (χ1n) is 13.3. The lowest BCUT2D eigenvalue weighted by molar-refractivity contribution is -0.0682. The predicted octanol–water partition coefficient (Wildman–Crippen LogP) is -0.710. The summed E-state index contributed by atoms with van der Waals surface area (Å²) in [6, 6.07) is 0. The number of aromatic nitrogens is 8. The molecule has 3 saturated heterocycles. The van der Waals surface area contributed by atoms with Crippen molar-refractivity contribution in [2.45, 2.75) is 49.1 Å². The minimum atomic E-state index is -5.10. The Labute approximate surface area is 254 Å². The summed E-state index contributed by atoms with van der Waals surface area (Å²) in [7, 11) is -8.83. The lowest BCUT2D eigenvalue weighted by Crippen LogP contribution is -2.36. The van der Waals surface area contributed by atoms with Gasteiger partial charge in [0.1, 0.15) is 42.4 Å². The smallest absolute Gasteiger partial charge is 0.386 e. The van der Waals surface area contributed by atoms with Crippen molar-refractivity contribution in [1.29, 1.82) is 0 Å². The molecule has 0 spiro atoms. The number of aromatic amines is 1. The van der Waals surface area contributed by atoms with Gasteiger partial charge in [-0.15, -0.1) is 0 Å². The number of anilines is 2. The molecule has 4 aromatic heterocycles. The van der Waals surface area contributed by atoms with E-state index < -0.39 is 83.6 Å². The van der Waals surface area contributed by atoms with Gasteiger partial charge in [0.2, 0.25) is 5.95 Å². The van der Waals surface area contributed by atoms with Crippen LogP contribution in [0.2, 0.25) is 0 Å². The Kier molecular flexibility index (Phi) is 7.68. The topological polar surface area (TPSA) is 298 Å². The van der Waals surface area contributed by atoms with E-state index >= 15 is 4.39 Å². The number of nitrogens with zero attached hydrogens (tertiary/aromatic N) is 7. The summed E-state index contributed by atoms with van der Waals surface area (Å²) in [5, 5.41) is 11.2. The highest BCUT2D eigenvalue weighted by Gasteiger charge is 2.55. The van der Waals surface area contributed by atoms with Gasteiger partial charge in [-0.3, -0.25) is 41.5 Å². The third-order valence-corrected chi connectivity index (χ3v) is 9.89. The summed E-state index contributed by atoms with van der Waals surface area (Å²) < 4.78 is 83.2. The molecule has 46 heavy (non-hydrogen) atoms. The molecule has 4 aromatic rings. The number of nitrogen functional groups attached to an aromatic ring is 2. The molecule has 0 radical (unpaired) electrons. The number of H-pyrrole nitrogens is 1. The largest absolute Gasteiger partial charge is 0.475 e. The van der Waals surface area contributed by atoms with E-state index in [0.717, 1.165) is 24.3 Å². The van der Waals surface area contributed by atoms with Gasteiger partial charge in [0, 0.05) is 7.11 Å². The van der Waals surface area contributed by atoms with Crippen LogP contribution in [-0.2, 0) is 41.2 Å². The number of hydrogen-bond donors (Lipinski definition) is 5. The molecule has 7 rings (SSSR count). The highest BCUT2D eigenvalue weighted by atomic mass is 31.2. The Morgan fingerprint density at radius 2 is 1.67 bits per heavy atom. The molecule has 0 amide bonds. The second-order valence-corrected chi connectivity index (χ2v) is 13.4. The molecule has 0 aliphatic carbocycles. The summed E-state index contributed by atoms with van der Waals surface area (Å²) in [6.45, 7) is -1.64. The quantitative estimate of drug-likeness (QED) is 0.166. The molecule has 4 unspecified atom stereocenters. The van der Waals surface area contributed by atoms with Gasteiger partial charge in [0.25, 0.3) is 5.56 Å². The zero-order valence-corrected chi connectivity index (χ0v) is 25.1. The Morgan fingerprint density at radius 3 is 2.43 bits per heavy atom. The number of phosphoric acid groups is 2. The minimum Gasteiger partial charge on any atom is -0.386 e. The van der Waals surface area contributed by atoms with E-state index in [4.69, 9.17) is 43.6 Å². The molecule has 3 aliphatic rings. The van der Waals surface area contributed by atoms with Gasteiger partial charge >= 0.3 is 15.6 Å². The van der Waals surface area contributed by atoms with Crippen LogP contribution < -0.4 is 17.0 Å². The van der Waals surface area contributed by atoms with E-state index in [2.05, 4.69) is 29.9 Å². The van der Waals surface area contributed by atoms with E-state index in [1.165, 1.54) is 10.9 Å². The lowest BCUT2D eigenvalue weighted by Gasteiger charge is -2.26.